The number of benzene rings is 2. The van der Waals surface area contributed by atoms with Crippen LogP contribution < -0.4 is 0 Å². The number of likely N-dealkylation sites (tertiary alicyclic amines) is 1. The molecule has 9 heteroatoms. The molecule has 0 aromatic heterocycles. The van der Waals surface area contributed by atoms with E-state index in [4.69, 9.17) is 23.2 Å². The van der Waals surface area contributed by atoms with E-state index in [-0.39, 0.29) is 29.9 Å². The van der Waals surface area contributed by atoms with Gasteiger partial charge in [0, 0.05) is 22.0 Å². The first-order valence-corrected chi connectivity index (χ1v) is 15.6. The van der Waals surface area contributed by atoms with Crippen LogP contribution in [0.1, 0.15) is 76.0 Å². The number of hydrogen-bond acceptors (Lipinski definition) is 4. The summed E-state index contributed by atoms with van der Waals surface area (Å²) >= 11 is 12.6. The van der Waals surface area contributed by atoms with E-state index < -0.39 is 38.6 Å². The SMILES string of the molecule is CC[C@@]1(CC(=O)O)C[C@H](c2cccc(Cl)c2)[C@@H](c2ccc(Cl)cc2)N([C@H](CS(=O)(=O)C(C)C)C2CC2)C1=O. The lowest BCUT2D eigenvalue weighted by Gasteiger charge is -2.53. The van der Waals surface area contributed by atoms with E-state index in [9.17, 15) is 23.1 Å². The van der Waals surface area contributed by atoms with Crippen LogP contribution in [0.4, 0.5) is 0 Å². The van der Waals surface area contributed by atoms with E-state index in [1.165, 1.54) is 0 Å². The number of aliphatic carboxylic acids is 1. The number of carbonyl (C=O) groups is 2. The molecule has 1 aliphatic carbocycles. The maximum absolute atomic E-state index is 14.6. The van der Waals surface area contributed by atoms with Crippen LogP contribution in [-0.4, -0.2) is 47.3 Å². The highest BCUT2D eigenvalue weighted by Gasteiger charge is 2.56. The van der Waals surface area contributed by atoms with Crippen molar-refractivity contribution in [3.63, 3.8) is 0 Å². The highest BCUT2D eigenvalue weighted by molar-refractivity contribution is 7.92. The third kappa shape index (κ3) is 5.90. The highest BCUT2D eigenvalue weighted by atomic mass is 35.5. The molecule has 1 heterocycles. The van der Waals surface area contributed by atoms with Gasteiger partial charge in [-0.3, -0.25) is 9.59 Å². The van der Waals surface area contributed by atoms with Gasteiger partial charge in [-0.15, -0.1) is 0 Å². The van der Waals surface area contributed by atoms with Crippen LogP contribution in [0.3, 0.4) is 0 Å². The maximum Gasteiger partial charge on any atom is 0.304 e. The van der Waals surface area contributed by atoms with Crippen molar-refractivity contribution in [3.05, 3.63) is 69.7 Å². The molecular weight excluding hydrogens is 545 g/mol. The lowest BCUT2D eigenvalue weighted by Crippen LogP contribution is -2.59. The minimum Gasteiger partial charge on any atom is -0.481 e. The van der Waals surface area contributed by atoms with Gasteiger partial charge in [-0.2, -0.15) is 0 Å². The van der Waals surface area contributed by atoms with Crippen molar-refractivity contribution >= 4 is 44.9 Å². The first kappa shape index (κ1) is 28.9. The minimum atomic E-state index is -3.50. The fourth-order valence-corrected chi connectivity index (χ4v) is 7.49. The van der Waals surface area contributed by atoms with Crippen molar-refractivity contribution < 1.29 is 23.1 Å². The molecule has 4 rings (SSSR count). The number of carboxylic acid groups (broad SMARTS) is 1. The molecule has 0 bridgehead atoms. The Kier molecular flexibility index (Phi) is 8.51. The summed E-state index contributed by atoms with van der Waals surface area (Å²) in [6, 6.07) is 13.7. The first-order chi connectivity index (χ1) is 17.9. The third-order valence-electron chi connectivity index (χ3n) is 8.28. The van der Waals surface area contributed by atoms with Crippen LogP contribution >= 0.6 is 23.2 Å². The van der Waals surface area contributed by atoms with Crippen LogP contribution in [0.5, 0.6) is 0 Å². The molecule has 0 radical (unpaired) electrons. The van der Waals surface area contributed by atoms with E-state index in [0.717, 1.165) is 24.0 Å². The summed E-state index contributed by atoms with van der Waals surface area (Å²) in [7, 11) is -3.50. The Morgan fingerprint density at radius 1 is 1.08 bits per heavy atom. The fourth-order valence-electron chi connectivity index (χ4n) is 5.87. The lowest BCUT2D eigenvalue weighted by molar-refractivity contribution is -0.162. The molecule has 1 aliphatic heterocycles. The summed E-state index contributed by atoms with van der Waals surface area (Å²) in [6.07, 6.45) is 1.97. The van der Waals surface area contributed by atoms with Gasteiger partial charge in [0.05, 0.1) is 28.9 Å². The van der Waals surface area contributed by atoms with Crippen molar-refractivity contribution in [1.82, 2.24) is 4.90 Å². The number of carboxylic acids is 1. The molecule has 2 aromatic carbocycles. The zero-order valence-corrected chi connectivity index (χ0v) is 24.3. The molecule has 1 saturated carbocycles. The molecule has 0 unspecified atom stereocenters. The number of nitrogens with zero attached hydrogens (tertiary/aromatic N) is 1. The Balaban J connectivity index is 1.96. The molecule has 6 nitrogen and oxygen atoms in total. The zero-order chi connectivity index (χ0) is 27.8. The predicted octanol–water partition coefficient (Wildman–Crippen LogP) is 6.52. The summed E-state index contributed by atoms with van der Waals surface area (Å²) in [6.45, 7) is 5.15. The molecule has 1 saturated heterocycles. The van der Waals surface area contributed by atoms with Crippen LogP contribution in [0.25, 0.3) is 0 Å². The van der Waals surface area contributed by atoms with Gasteiger partial charge in [-0.25, -0.2) is 8.42 Å². The molecule has 38 heavy (non-hydrogen) atoms. The van der Waals surface area contributed by atoms with Gasteiger partial charge in [0.25, 0.3) is 0 Å². The Morgan fingerprint density at radius 3 is 2.26 bits per heavy atom. The molecule has 206 valence electrons. The Hall–Kier alpha value is -2.09. The topological polar surface area (TPSA) is 91.8 Å². The van der Waals surface area contributed by atoms with Gasteiger partial charge in [-0.1, -0.05) is 54.4 Å². The summed E-state index contributed by atoms with van der Waals surface area (Å²) in [4.78, 5) is 28.4. The quantitative estimate of drug-likeness (QED) is 0.345. The normalized spacial score (nSPS) is 25.0. The van der Waals surface area contributed by atoms with Gasteiger partial charge in [-0.05, 0) is 80.8 Å². The minimum absolute atomic E-state index is 0.0415. The van der Waals surface area contributed by atoms with Gasteiger partial charge in [0.15, 0.2) is 9.84 Å². The van der Waals surface area contributed by atoms with Crippen molar-refractivity contribution in [2.45, 2.75) is 76.1 Å². The Morgan fingerprint density at radius 2 is 1.74 bits per heavy atom. The maximum atomic E-state index is 14.6. The number of rotatable bonds is 10. The van der Waals surface area contributed by atoms with Crippen LogP contribution in [0.15, 0.2) is 48.5 Å². The Labute approximate surface area is 235 Å². The van der Waals surface area contributed by atoms with Gasteiger partial charge >= 0.3 is 5.97 Å². The van der Waals surface area contributed by atoms with Crippen molar-refractivity contribution in [2.24, 2.45) is 11.3 Å². The van der Waals surface area contributed by atoms with E-state index in [1.807, 2.05) is 37.3 Å². The number of sulfone groups is 1. The highest BCUT2D eigenvalue weighted by Crippen LogP contribution is 2.55. The number of halogens is 2. The molecule has 2 aliphatic rings. The number of piperidine rings is 1. The molecule has 1 amide bonds. The number of amides is 1. The number of hydrogen-bond donors (Lipinski definition) is 1. The predicted molar refractivity (Wildman–Crippen MR) is 150 cm³/mol. The molecule has 2 fully saturated rings. The molecule has 1 N–H and O–H groups in total. The van der Waals surface area contributed by atoms with Crippen molar-refractivity contribution in [2.75, 3.05) is 5.75 Å². The number of carbonyl (C=O) groups excluding carboxylic acids is 1. The largest absolute Gasteiger partial charge is 0.481 e. The average molecular weight is 581 g/mol. The molecule has 0 spiro atoms. The summed E-state index contributed by atoms with van der Waals surface area (Å²) in [5.41, 5.74) is 0.552. The zero-order valence-electron chi connectivity index (χ0n) is 21.9. The van der Waals surface area contributed by atoms with Gasteiger partial charge in [0.2, 0.25) is 5.91 Å². The Bertz CT molecular complexity index is 1290. The second-order valence-electron chi connectivity index (χ2n) is 11.1. The second kappa shape index (κ2) is 11.2. The van der Waals surface area contributed by atoms with Gasteiger partial charge in [0.1, 0.15) is 0 Å². The van der Waals surface area contributed by atoms with Crippen LogP contribution in [0.2, 0.25) is 10.0 Å². The lowest BCUT2D eigenvalue weighted by atomic mass is 9.65. The smallest absolute Gasteiger partial charge is 0.304 e. The van der Waals surface area contributed by atoms with E-state index in [0.29, 0.717) is 22.9 Å². The van der Waals surface area contributed by atoms with Crippen LogP contribution in [0, 0.1) is 11.3 Å². The summed E-state index contributed by atoms with van der Waals surface area (Å²) in [5.74, 6) is -1.74. The monoisotopic (exact) mass is 579 g/mol. The average Bonchev–Trinajstić information content (AvgIpc) is 3.69. The van der Waals surface area contributed by atoms with E-state index in [1.54, 1.807) is 36.9 Å². The van der Waals surface area contributed by atoms with E-state index >= 15 is 0 Å². The molecule has 4 atom stereocenters. The van der Waals surface area contributed by atoms with Gasteiger partial charge < -0.3 is 10.0 Å². The van der Waals surface area contributed by atoms with Crippen molar-refractivity contribution in [1.29, 1.82) is 0 Å². The standard InChI is InChI=1S/C29H35Cl2NO5S/c1-4-29(16-26(33)34)15-24(21-6-5-7-23(31)14-21)27(20-10-12-22(30)13-11-20)32(28(29)35)25(19-8-9-19)17-38(36,37)18(2)3/h5-7,10-14,18-19,24-25,27H,4,8-9,15-17H2,1-3H3,(H,33,34)/t24-,25-,27-,29+/m1/s1. The molecular formula is C29H35Cl2NO5S. The van der Waals surface area contributed by atoms with E-state index in [2.05, 4.69) is 0 Å². The summed E-state index contributed by atoms with van der Waals surface area (Å²) in [5, 5.41) is 10.4. The van der Waals surface area contributed by atoms with Crippen LogP contribution in [-0.2, 0) is 19.4 Å². The first-order valence-electron chi connectivity index (χ1n) is 13.2. The third-order valence-corrected chi connectivity index (χ3v) is 11.0. The van der Waals surface area contributed by atoms with Crippen molar-refractivity contribution in [3.8, 4) is 0 Å². The summed E-state index contributed by atoms with van der Waals surface area (Å²) < 4.78 is 26.5. The fraction of sp³-hybridized carbons (Fsp3) is 0.517. The second-order valence-corrected chi connectivity index (χ2v) is 14.5. The molecule has 2 aromatic rings.